The maximum absolute atomic E-state index is 13.7. The van der Waals surface area contributed by atoms with Crippen LogP contribution in [0.25, 0.3) is 32.6 Å². The van der Waals surface area contributed by atoms with E-state index in [0.29, 0.717) is 33.4 Å². The van der Waals surface area contributed by atoms with E-state index in [4.69, 9.17) is 14.2 Å². The van der Waals surface area contributed by atoms with Gasteiger partial charge in [-0.05, 0) is 36.8 Å². The van der Waals surface area contributed by atoms with E-state index in [0.717, 1.165) is 16.3 Å². The van der Waals surface area contributed by atoms with Gasteiger partial charge < -0.3 is 23.9 Å². The average Bonchev–Trinajstić information content (AvgIpc) is 2.76. The molecule has 0 spiro atoms. The third-order valence-corrected chi connectivity index (χ3v) is 6.43. The van der Waals surface area contributed by atoms with Gasteiger partial charge in [0.25, 0.3) is 0 Å². The predicted molar refractivity (Wildman–Crippen MR) is 121 cm³/mol. The fraction of sp³-hybridized carbons (Fsp3) is 0.320. The number of methoxy groups -OCH3 is 2. The number of benzene rings is 3. The smallest absolute Gasteiger partial charge is 0.201 e. The van der Waals surface area contributed by atoms with Crippen molar-refractivity contribution in [2.75, 3.05) is 14.2 Å². The van der Waals surface area contributed by atoms with E-state index in [1.165, 1.54) is 0 Å². The molecule has 0 saturated carbocycles. The van der Waals surface area contributed by atoms with Crippen molar-refractivity contribution >= 4 is 32.6 Å². The molecule has 160 valence electrons. The van der Waals surface area contributed by atoms with Gasteiger partial charge >= 0.3 is 0 Å². The van der Waals surface area contributed by atoms with Crippen LogP contribution in [-0.2, 0) is 11.8 Å². The summed E-state index contributed by atoms with van der Waals surface area (Å²) in [5.74, 6) is 0.980. The van der Waals surface area contributed by atoms with Gasteiger partial charge in [-0.2, -0.15) is 0 Å². The maximum atomic E-state index is 13.7. The topological polar surface area (TPSA) is 69.9 Å². The largest absolute Gasteiger partial charge is 0.496 e. The van der Waals surface area contributed by atoms with Crippen molar-refractivity contribution < 1.29 is 19.3 Å². The molecule has 1 aliphatic rings. The minimum Gasteiger partial charge on any atom is -0.496 e. The number of ether oxygens (including phenoxy) is 3. The Morgan fingerprint density at radius 3 is 2.42 bits per heavy atom. The van der Waals surface area contributed by atoms with E-state index in [9.17, 15) is 9.90 Å². The van der Waals surface area contributed by atoms with Gasteiger partial charge in [0.1, 0.15) is 29.3 Å². The number of hydrogen-bond donors (Lipinski definition) is 1. The average molecular weight is 419 g/mol. The number of nitrogens with zero attached hydrogens (tertiary/aromatic N) is 1. The lowest BCUT2D eigenvalue weighted by molar-refractivity contribution is -0.123. The second kappa shape index (κ2) is 6.70. The molecule has 4 aromatic rings. The zero-order chi connectivity index (χ0) is 22.1. The van der Waals surface area contributed by atoms with Crippen LogP contribution >= 0.6 is 0 Å². The van der Waals surface area contributed by atoms with Gasteiger partial charge in [0, 0.05) is 25.6 Å². The molecule has 31 heavy (non-hydrogen) atoms. The Kier molecular flexibility index (Phi) is 4.29. The predicted octanol–water partition coefficient (Wildman–Crippen LogP) is 4.07. The van der Waals surface area contributed by atoms with Crippen LogP contribution in [0.3, 0.4) is 0 Å². The van der Waals surface area contributed by atoms with Gasteiger partial charge in [-0.3, -0.25) is 4.79 Å². The standard InChI is InChI=1S/C25H25NO5/c1-25(2)24(28)23(30-5)20-18(31-25)12-17(29-4)19-21(20)26(3)16-11-14-9-7-6-8-13(14)10-15(16)22(19)27/h6-12,23-24,28H,1-5H3/t23-,24+/m1/s1. The zero-order valence-electron chi connectivity index (χ0n) is 18.2. The van der Waals surface area contributed by atoms with Gasteiger partial charge in [0.05, 0.1) is 29.1 Å². The fourth-order valence-electron chi connectivity index (χ4n) is 4.78. The molecule has 0 fully saturated rings. The molecule has 0 radical (unpaired) electrons. The summed E-state index contributed by atoms with van der Waals surface area (Å²) in [6.07, 6.45) is -1.57. The Morgan fingerprint density at radius 2 is 1.77 bits per heavy atom. The number of rotatable bonds is 2. The summed E-state index contributed by atoms with van der Waals surface area (Å²) in [5, 5.41) is 14.1. The highest BCUT2D eigenvalue weighted by Gasteiger charge is 2.45. The second-order valence-electron chi connectivity index (χ2n) is 8.63. The van der Waals surface area contributed by atoms with Crippen LogP contribution in [0, 0.1) is 0 Å². The molecular formula is C25H25NO5. The Labute approximate surface area is 179 Å². The lowest BCUT2D eigenvalue weighted by atomic mass is 9.86. The van der Waals surface area contributed by atoms with E-state index >= 15 is 0 Å². The van der Waals surface area contributed by atoms with Crippen molar-refractivity contribution in [3.05, 3.63) is 58.3 Å². The summed E-state index contributed by atoms with van der Waals surface area (Å²) in [4.78, 5) is 13.7. The normalized spacial score (nSPS) is 20.1. The number of aromatic nitrogens is 1. The van der Waals surface area contributed by atoms with Gasteiger partial charge in [-0.15, -0.1) is 0 Å². The second-order valence-corrected chi connectivity index (χ2v) is 8.63. The lowest BCUT2D eigenvalue weighted by Crippen LogP contribution is -2.49. The van der Waals surface area contributed by atoms with Crippen LogP contribution in [0.1, 0.15) is 25.5 Å². The molecule has 0 unspecified atom stereocenters. The van der Waals surface area contributed by atoms with Crippen molar-refractivity contribution in [2.45, 2.75) is 31.7 Å². The van der Waals surface area contributed by atoms with Crippen LogP contribution < -0.4 is 14.9 Å². The van der Waals surface area contributed by atoms with E-state index < -0.39 is 17.8 Å². The number of pyridine rings is 1. The molecule has 2 atom stereocenters. The molecule has 5 rings (SSSR count). The Hall–Kier alpha value is -3.09. The van der Waals surface area contributed by atoms with E-state index in [1.807, 2.05) is 61.9 Å². The van der Waals surface area contributed by atoms with Crippen LogP contribution in [-0.4, -0.2) is 35.6 Å². The number of aliphatic hydroxyl groups excluding tert-OH is 1. The Balaban J connectivity index is 2.01. The molecular weight excluding hydrogens is 394 g/mol. The van der Waals surface area contributed by atoms with Crippen LogP contribution in [0.4, 0.5) is 0 Å². The molecule has 1 N–H and O–H groups in total. The highest BCUT2D eigenvalue weighted by atomic mass is 16.5. The third kappa shape index (κ3) is 2.68. The van der Waals surface area contributed by atoms with Gasteiger partial charge in [-0.25, -0.2) is 0 Å². The molecule has 2 heterocycles. The van der Waals surface area contributed by atoms with Crippen LogP contribution in [0.5, 0.6) is 11.5 Å². The summed E-state index contributed by atoms with van der Waals surface area (Å²) in [6.45, 7) is 3.63. The van der Waals surface area contributed by atoms with Crippen molar-refractivity contribution in [1.29, 1.82) is 0 Å². The summed E-state index contributed by atoms with van der Waals surface area (Å²) in [7, 11) is 5.01. The van der Waals surface area contributed by atoms with Gasteiger partial charge in [0.15, 0.2) is 0 Å². The fourth-order valence-corrected chi connectivity index (χ4v) is 4.78. The molecule has 6 heteroatoms. The maximum Gasteiger partial charge on any atom is 0.201 e. The summed E-state index contributed by atoms with van der Waals surface area (Å²) >= 11 is 0. The molecule has 0 aliphatic carbocycles. The van der Waals surface area contributed by atoms with Crippen molar-refractivity contribution in [2.24, 2.45) is 7.05 Å². The molecule has 0 bridgehead atoms. The Morgan fingerprint density at radius 1 is 1.10 bits per heavy atom. The lowest BCUT2D eigenvalue weighted by Gasteiger charge is -2.42. The first kappa shape index (κ1) is 19.8. The van der Waals surface area contributed by atoms with E-state index in [-0.39, 0.29) is 5.43 Å². The molecule has 6 nitrogen and oxygen atoms in total. The molecule has 0 saturated heterocycles. The highest BCUT2D eigenvalue weighted by molar-refractivity contribution is 6.04. The van der Waals surface area contributed by atoms with E-state index in [1.54, 1.807) is 20.3 Å². The number of hydrogen-bond acceptors (Lipinski definition) is 5. The zero-order valence-corrected chi connectivity index (χ0v) is 18.2. The molecule has 3 aromatic carbocycles. The quantitative estimate of drug-likeness (QED) is 0.496. The van der Waals surface area contributed by atoms with E-state index in [2.05, 4.69) is 0 Å². The third-order valence-electron chi connectivity index (χ3n) is 6.43. The SMILES string of the molecule is COc1cc2c(c3c1c(=O)c1cc4ccccc4cc1n3C)[C@@H](OC)[C@H](O)C(C)(C)O2. The number of fused-ring (bicyclic) bond motifs is 5. The minimum atomic E-state index is -0.913. The van der Waals surface area contributed by atoms with Crippen LogP contribution in [0.15, 0.2) is 47.3 Å². The highest BCUT2D eigenvalue weighted by Crippen LogP contribution is 2.47. The Bertz CT molecular complexity index is 1420. The summed E-state index contributed by atoms with van der Waals surface area (Å²) < 4.78 is 19.5. The summed E-state index contributed by atoms with van der Waals surface area (Å²) in [6, 6.07) is 13.6. The van der Waals surface area contributed by atoms with Crippen molar-refractivity contribution in [3.63, 3.8) is 0 Å². The van der Waals surface area contributed by atoms with Gasteiger partial charge in [0.2, 0.25) is 5.43 Å². The van der Waals surface area contributed by atoms with Crippen LogP contribution in [0.2, 0.25) is 0 Å². The van der Waals surface area contributed by atoms with Crippen molar-refractivity contribution in [3.8, 4) is 11.5 Å². The van der Waals surface area contributed by atoms with Crippen molar-refractivity contribution in [1.82, 2.24) is 4.57 Å². The summed E-state index contributed by atoms with van der Waals surface area (Å²) in [5.41, 5.74) is 1.10. The molecule has 1 aliphatic heterocycles. The van der Waals surface area contributed by atoms with Gasteiger partial charge in [-0.1, -0.05) is 24.3 Å². The minimum absolute atomic E-state index is 0.123. The monoisotopic (exact) mass is 419 g/mol. The number of aryl methyl sites for hydroxylation is 1. The molecule has 0 amide bonds. The number of aliphatic hydroxyl groups is 1. The first-order valence-corrected chi connectivity index (χ1v) is 10.2. The first-order valence-electron chi connectivity index (χ1n) is 10.2. The first-order chi connectivity index (χ1) is 14.8. The molecule has 1 aromatic heterocycles.